The Morgan fingerprint density at radius 2 is 1.38 bits per heavy atom. The van der Waals surface area contributed by atoms with Gasteiger partial charge in [-0.25, -0.2) is 0 Å². The molecule has 0 saturated carbocycles. The first-order chi connectivity index (χ1) is 7.70. The SMILES string of the molecule is CCCCN(CCCC)CCCNC(C)C. The summed E-state index contributed by atoms with van der Waals surface area (Å²) < 4.78 is 0. The maximum Gasteiger partial charge on any atom is 0.00103 e. The second-order valence-electron chi connectivity index (χ2n) is 5.01. The Morgan fingerprint density at radius 3 is 1.81 bits per heavy atom. The van der Waals surface area contributed by atoms with Crippen molar-refractivity contribution in [1.29, 1.82) is 0 Å². The van der Waals surface area contributed by atoms with Gasteiger partial charge in [0.1, 0.15) is 0 Å². The van der Waals surface area contributed by atoms with Gasteiger partial charge in [-0.15, -0.1) is 0 Å². The maximum atomic E-state index is 3.49. The lowest BCUT2D eigenvalue weighted by Gasteiger charge is -2.22. The lowest BCUT2D eigenvalue weighted by atomic mass is 10.2. The predicted molar refractivity (Wildman–Crippen MR) is 74.0 cm³/mol. The molecule has 2 nitrogen and oxygen atoms in total. The van der Waals surface area contributed by atoms with Crippen molar-refractivity contribution in [3.63, 3.8) is 0 Å². The number of hydrogen-bond acceptors (Lipinski definition) is 2. The largest absolute Gasteiger partial charge is 0.314 e. The van der Waals surface area contributed by atoms with Crippen LogP contribution in [0.15, 0.2) is 0 Å². The van der Waals surface area contributed by atoms with E-state index in [1.54, 1.807) is 0 Å². The Hall–Kier alpha value is -0.0800. The summed E-state index contributed by atoms with van der Waals surface area (Å²) in [7, 11) is 0. The minimum Gasteiger partial charge on any atom is -0.314 e. The summed E-state index contributed by atoms with van der Waals surface area (Å²) in [4.78, 5) is 2.63. The average molecular weight is 228 g/mol. The van der Waals surface area contributed by atoms with E-state index in [2.05, 4.69) is 37.9 Å². The zero-order valence-electron chi connectivity index (χ0n) is 11.9. The number of unbranched alkanes of at least 4 members (excludes halogenated alkanes) is 2. The molecule has 0 aliphatic heterocycles. The second kappa shape index (κ2) is 11.4. The van der Waals surface area contributed by atoms with Crippen LogP contribution in [0, 0.1) is 0 Å². The molecule has 0 radical (unpaired) electrons. The number of nitrogens with one attached hydrogen (secondary N) is 1. The van der Waals surface area contributed by atoms with Crippen LogP contribution in [-0.4, -0.2) is 37.1 Å². The fraction of sp³-hybridized carbons (Fsp3) is 1.00. The monoisotopic (exact) mass is 228 g/mol. The first kappa shape index (κ1) is 15.9. The van der Waals surface area contributed by atoms with Gasteiger partial charge in [-0.2, -0.15) is 0 Å². The molecular formula is C14H32N2. The van der Waals surface area contributed by atoms with Gasteiger partial charge in [-0.1, -0.05) is 40.5 Å². The molecule has 0 heterocycles. The molecule has 0 bridgehead atoms. The third-order valence-electron chi connectivity index (χ3n) is 2.86. The summed E-state index contributed by atoms with van der Waals surface area (Å²) in [5.74, 6) is 0. The maximum absolute atomic E-state index is 3.49. The minimum atomic E-state index is 0.625. The third-order valence-corrected chi connectivity index (χ3v) is 2.86. The molecule has 0 spiro atoms. The van der Waals surface area contributed by atoms with Gasteiger partial charge in [-0.05, 0) is 45.4 Å². The van der Waals surface area contributed by atoms with Crippen LogP contribution in [-0.2, 0) is 0 Å². The molecule has 0 aromatic carbocycles. The number of rotatable bonds is 11. The Kier molecular flexibility index (Phi) is 11.3. The average Bonchev–Trinajstić information content (AvgIpc) is 2.26. The van der Waals surface area contributed by atoms with E-state index in [-0.39, 0.29) is 0 Å². The highest BCUT2D eigenvalue weighted by Gasteiger charge is 2.03. The molecule has 0 fully saturated rings. The first-order valence-corrected chi connectivity index (χ1v) is 7.16. The molecule has 98 valence electrons. The van der Waals surface area contributed by atoms with Gasteiger partial charge in [0.2, 0.25) is 0 Å². The van der Waals surface area contributed by atoms with E-state index < -0.39 is 0 Å². The van der Waals surface area contributed by atoms with Crippen molar-refractivity contribution in [1.82, 2.24) is 10.2 Å². The van der Waals surface area contributed by atoms with E-state index in [4.69, 9.17) is 0 Å². The Balaban J connectivity index is 3.56. The zero-order valence-corrected chi connectivity index (χ0v) is 11.9. The van der Waals surface area contributed by atoms with Crippen LogP contribution in [0.4, 0.5) is 0 Å². The molecule has 0 aromatic heterocycles. The van der Waals surface area contributed by atoms with Crippen LogP contribution >= 0.6 is 0 Å². The van der Waals surface area contributed by atoms with Crippen LogP contribution in [0.5, 0.6) is 0 Å². The molecule has 16 heavy (non-hydrogen) atoms. The van der Waals surface area contributed by atoms with Gasteiger partial charge in [0, 0.05) is 6.04 Å². The normalized spacial score (nSPS) is 11.6. The molecule has 0 atom stereocenters. The van der Waals surface area contributed by atoms with Crippen LogP contribution in [0.2, 0.25) is 0 Å². The van der Waals surface area contributed by atoms with Crippen LogP contribution in [0.25, 0.3) is 0 Å². The summed E-state index contributed by atoms with van der Waals surface area (Å²) in [6.07, 6.45) is 6.61. The molecule has 0 rings (SSSR count). The molecule has 1 N–H and O–H groups in total. The molecule has 0 aliphatic rings. The van der Waals surface area contributed by atoms with Crippen molar-refractivity contribution in [3.8, 4) is 0 Å². The first-order valence-electron chi connectivity index (χ1n) is 7.16. The molecule has 0 unspecified atom stereocenters. The fourth-order valence-electron chi connectivity index (χ4n) is 1.79. The topological polar surface area (TPSA) is 15.3 Å². The van der Waals surface area contributed by atoms with Crippen molar-refractivity contribution < 1.29 is 0 Å². The lowest BCUT2D eigenvalue weighted by Crippen LogP contribution is -2.31. The van der Waals surface area contributed by atoms with Gasteiger partial charge >= 0.3 is 0 Å². The molecule has 0 amide bonds. The van der Waals surface area contributed by atoms with E-state index >= 15 is 0 Å². The van der Waals surface area contributed by atoms with Crippen molar-refractivity contribution >= 4 is 0 Å². The Morgan fingerprint density at radius 1 is 0.875 bits per heavy atom. The van der Waals surface area contributed by atoms with Crippen LogP contribution < -0.4 is 5.32 Å². The van der Waals surface area contributed by atoms with E-state index in [0.717, 1.165) is 6.54 Å². The van der Waals surface area contributed by atoms with Crippen LogP contribution in [0.1, 0.15) is 59.8 Å². The highest BCUT2D eigenvalue weighted by molar-refractivity contribution is 4.60. The highest BCUT2D eigenvalue weighted by atomic mass is 15.1. The molecule has 2 heteroatoms. The summed E-state index contributed by atoms with van der Waals surface area (Å²) in [6.45, 7) is 14.0. The fourth-order valence-corrected chi connectivity index (χ4v) is 1.79. The predicted octanol–water partition coefficient (Wildman–Crippen LogP) is 3.28. The van der Waals surface area contributed by atoms with Crippen molar-refractivity contribution in [2.24, 2.45) is 0 Å². The zero-order chi connectivity index (χ0) is 12.2. The van der Waals surface area contributed by atoms with E-state index in [1.165, 1.54) is 51.7 Å². The lowest BCUT2D eigenvalue weighted by molar-refractivity contribution is 0.260. The van der Waals surface area contributed by atoms with Gasteiger partial charge in [0.05, 0.1) is 0 Å². The van der Waals surface area contributed by atoms with Gasteiger partial charge in [0.25, 0.3) is 0 Å². The number of nitrogens with zero attached hydrogens (tertiary/aromatic N) is 1. The van der Waals surface area contributed by atoms with E-state index in [0.29, 0.717) is 6.04 Å². The molecule has 0 aromatic rings. The summed E-state index contributed by atoms with van der Waals surface area (Å²) in [5.41, 5.74) is 0. The summed E-state index contributed by atoms with van der Waals surface area (Å²) >= 11 is 0. The van der Waals surface area contributed by atoms with E-state index in [1.807, 2.05) is 0 Å². The molecule has 0 aliphatic carbocycles. The minimum absolute atomic E-state index is 0.625. The molecular weight excluding hydrogens is 196 g/mol. The van der Waals surface area contributed by atoms with Crippen LogP contribution in [0.3, 0.4) is 0 Å². The van der Waals surface area contributed by atoms with Gasteiger partial charge in [0.15, 0.2) is 0 Å². The highest BCUT2D eigenvalue weighted by Crippen LogP contribution is 2.00. The van der Waals surface area contributed by atoms with Gasteiger partial charge < -0.3 is 10.2 Å². The number of hydrogen-bond donors (Lipinski definition) is 1. The third kappa shape index (κ3) is 10.4. The van der Waals surface area contributed by atoms with Crippen molar-refractivity contribution in [2.75, 3.05) is 26.2 Å². The van der Waals surface area contributed by atoms with Crippen molar-refractivity contribution in [2.45, 2.75) is 65.8 Å². The van der Waals surface area contributed by atoms with Crippen molar-refractivity contribution in [3.05, 3.63) is 0 Å². The van der Waals surface area contributed by atoms with E-state index in [9.17, 15) is 0 Å². The summed E-state index contributed by atoms with van der Waals surface area (Å²) in [5, 5.41) is 3.49. The Labute approximate surface area is 103 Å². The Bertz CT molecular complexity index is 127. The quantitative estimate of drug-likeness (QED) is 0.546. The standard InChI is InChI=1S/C14H32N2/c1-5-7-11-16(12-8-6-2)13-9-10-15-14(3)4/h14-15H,5-13H2,1-4H3. The van der Waals surface area contributed by atoms with Gasteiger partial charge in [-0.3, -0.25) is 0 Å². The summed E-state index contributed by atoms with van der Waals surface area (Å²) in [6, 6.07) is 0.625. The second-order valence-corrected chi connectivity index (χ2v) is 5.01. The molecule has 0 saturated heterocycles. The smallest absolute Gasteiger partial charge is 0.00103 e.